The molecule has 4 nitrogen and oxygen atoms in total. The van der Waals surface area contributed by atoms with E-state index in [-0.39, 0.29) is 5.76 Å². The average molecular weight is 317 g/mol. The highest BCUT2D eigenvalue weighted by atomic mass is 32.2. The van der Waals surface area contributed by atoms with Crippen LogP contribution in [0.4, 0.5) is 0 Å². The van der Waals surface area contributed by atoms with Gasteiger partial charge in [0.1, 0.15) is 9.66 Å². The Labute approximate surface area is 131 Å². The highest BCUT2D eigenvalue weighted by Gasteiger charge is 2.27. The van der Waals surface area contributed by atoms with E-state index in [1.54, 1.807) is 24.4 Å². The fourth-order valence-electron chi connectivity index (χ4n) is 2.08. The lowest BCUT2D eigenvalue weighted by Gasteiger charge is -2.22. The first-order chi connectivity index (χ1) is 9.98. The minimum Gasteiger partial charge on any atom is -0.475 e. The molecule has 1 aromatic carbocycles. The van der Waals surface area contributed by atoms with Crippen molar-refractivity contribution in [2.75, 3.05) is 0 Å². The van der Waals surface area contributed by atoms with E-state index in [1.165, 1.54) is 6.07 Å². The van der Waals surface area contributed by atoms with E-state index in [1.807, 2.05) is 18.2 Å². The lowest BCUT2D eigenvalue weighted by atomic mass is 10.1. The molecule has 1 N–H and O–H groups in total. The molecule has 0 atom stereocenters. The number of rotatable bonds is 3. The van der Waals surface area contributed by atoms with Gasteiger partial charge in [0.15, 0.2) is 0 Å². The van der Waals surface area contributed by atoms with Crippen LogP contribution < -0.4 is 0 Å². The van der Waals surface area contributed by atoms with Gasteiger partial charge in [-0.3, -0.25) is 4.98 Å². The van der Waals surface area contributed by atoms with Crippen molar-refractivity contribution in [1.29, 1.82) is 0 Å². The van der Waals surface area contributed by atoms with Crippen molar-refractivity contribution in [2.24, 2.45) is 0 Å². The largest absolute Gasteiger partial charge is 0.475 e. The predicted octanol–water partition coefficient (Wildman–Crippen LogP) is 3.59. The van der Waals surface area contributed by atoms with Crippen LogP contribution in [0.2, 0.25) is 0 Å². The Morgan fingerprint density at radius 2 is 2.00 bits per heavy atom. The molecule has 6 heteroatoms. The Bertz CT molecular complexity index is 812. The summed E-state index contributed by atoms with van der Waals surface area (Å²) in [7, 11) is 0. The third-order valence-corrected chi connectivity index (χ3v) is 4.13. The van der Waals surface area contributed by atoms with Crippen molar-refractivity contribution in [2.45, 2.75) is 4.08 Å². The Kier molecular flexibility index (Phi) is 3.43. The monoisotopic (exact) mass is 317 g/mol. The van der Waals surface area contributed by atoms with Crippen LogP contribution in [-0.4, -0.2) is 16.1 Å². The first-order valence-corrected chi connectivity index (χ1v) is 7.01. The van der Waals surface area contributed by atoms with Crippen LogP contribution in [0.15, 0.2) is 53.1 Å². The Morgan fingerprint density at radius 1 is 1.19 bits per heavy atom. The molecular formula is C15H11NO3S2. The summed E-state index contributed by atoms with van der Waals surface area (Å²) >= 11 is 9.19. The van der Waals surface area contributed by atoms with Gasteiger partial charge in [-0.2, -0.15) is 25.3 Å². The van der Waals surface area contributed by atoms with Gasteiger partial charge in [0.25, 0.3) is 0 Å². The molecule has 3 aromatic rings. The van der Waals surface area contributed by atoms with Crippen LogP contribution in [0.1, 0.15) is 21.8 Å². The van der Waals surface area contributed by atoms with Gasteiger partial charge in [-0.1, -0.05) is 12.1 Å². The van der Waals surface area contributed by atoms with Crippen LogP contribution >= 0.6 is 25.3 Å². The van der Waals surface area contributed by atoms with Crippen LogP contribution in [0.3, 0.4) is 0 Å². The van der Waals surface area contributed by atoms with Gasteiger partial charge in [-0.15, -0.1) is 0 Å². The Morgan fingerprint density at radius 3 is 2.67 bits per heavy atom. The van der Waals surface area contributed by atoms with Gasteiger partial charge in [0, 0.05) is 11.6 Å². The van der Waals surface area contributed by atoms with Crippen molar-refractivity contribution in [3.8, 4) is 0 Å². The first kappa shape index (κ1) is 14.0. The predicted molar refractivity (Wildman–Crippen MR) is 86.2 cm³/mol. The van der Waals surface area contributed by atoms with Crippen molar-refractivity contribution in [3.05, 3.63) is 65.7 Å². The summed E-state index contributed by atoms with van der Waals surface area (Å²) in [4.78, 5) is 15.2. The van der Waals surface area contributed by atoms with Gasteiger partial charge in [-0.05, 0) is 35.9 Å². The molecule has 0 amide bonds. The molecule has 106 valence electrons. The van der Waals surface area contributed by atoms with Crippen molar-refractivity contribution in [3.63, 3.8) is 0 Å². The van der Waals surface area contributed by atoms with Crippen molar-refractivity contribution < 1.29 is 14.3 Å². The number of carboxylic acids is 1. The summed E-state index contributed by atoms with van der Waals surface area (Å²) in [6.45, 7) is 0. The molecular weight excluding hydrogens is 306 g/mol. The molecule has 2 aromatic heterocycles. The van der Waals surface area contributed by atoms with E-state index in [0.29, 0.717) is 16.7 Å². The molecule has 0 spiro atoms. The molecule has 0 aliphatic carbocycles. The van der Waals surface area contributed by atoms with Gasteiger partial charge in [0.05, 0.1) is 5.69 Å². The van der Waals surface area contributed by atoms with Gasteiger partial charge >= 0.3 is 5.97 Å². The average Bonchev–Trinajstić information content (AvgIpc) is 2.91. The number of pyridine rings is 1. The zero-order chi connectivity index (χ0) is 15.0. The number of hydrogen-bond donors (Lipinski definition) is 3. The summed E-state index contributed by atoms with van der Waals surface area (Å²) in [5.74, 6) is -1.19. The minimum absolute atomic E-state index is 0.0936. The summed E-state index contributed by atoms with van der Waals surface area (Å²) in [6.07, 6.45) is 1.68. The molecule has 0 saturated carbocycles. The number of aromatic nitrogens is 1. The second-order valence-electron chi connectivity index (χ2n) is 4.56. The quantitative estimate of drug-likeness (QED) is 0.510. The molecule has 0 unspecified atom stereocenters. The Hall–Kier alpha value is -1.92. The number of benzene rings is 1. The van der Waals surface area contributed by atoms with Gasteiger partial charge < -0.3 is 9.52 Å². The second-order valence-corrected chi connectivity index (χ2v) is 6.25. The molecule has 2 heterocycles. The molecule has 0 aliphatic rings. The first-order valence-electron chi connectivity index (χ1n) is 6.12. The van der Waals surface area contributed by atoms with E-state index in [9.17, 15) is 4.79 Å². The van der Waals surface area contributed by atoms with Crippen LogP contribution in [0, 0.1) is 0 Å². The van der Waals surface area contributed by atoms with E-state index in [2.05, 4.69) is 30.2 Å². The number of thiol groups is 2. The maximum atomic E-state index is 10.9. The van der Waals surface area contributed by atoms with E-state index in [4.69, 9.17) is 9.52 Å². The molecule has 21 heavy (non-hydrogen) atoms. The number of carbonyl (C=O) groups is 1. The number of fused-ring (bicyclic) bond motifs is 1. The highest BCUT2D eigenvalue weighted by molar-refractivity contribution is 8.00. The van der Waals surface area contributed by atoms with Crippen LogP contribution in [0.5, 0.6) is 0 Å². The number of nitrogens with zero attached hydrogens (tertiary/aromatic N) is 1. The molecule has 0 saturated heterocycles. The molecule has 0 fully saturated rings. The second kappa shape index (κ2) is 5.13. The maximum Gasteiger partial charge on any atom is 0.371 e. The summed E-state index contributed by atoms with van der Waals surface area (Å²) in [5.41, 5.74) is 1.99. The topological polar surface area (TPSA) is 63.3 Å². The van der Waals surface area contributed by atoms with Crippen molar-refractivity contribution in [1.82, 2.24) is 4.98 Å². The minimum atomic E-state index is -1.10. The number of carboxylic acid groups (broad SMARTS) is 1. The summed E-state index contributed by atoms with van der Waals surface area (Å²) < 4.78 is 4.36. The molecule has 0 bridgehead atoms. The van der Waals surface area contributed by atoms with Gasteiger partial charge in [-0.25, -0.2) is 4.79 Å². The summed E-state index contributed by atoms with van der Waals surface area (Å²) in [6, 6.07) is 12.3. The lowest BCUT2D eigenvalue weighted by molar-refractivity contribution is 0.0665. The number of aromatic carboxylic acids is 1. The molecule has 3 rings (SSSR count). The van der Waals surface area contributed by atoms with Crippen LogP contribution in [-0.2, 0) is 4.08 Å². The van der Waals surface area contributed by atoms with E-state index in [0.717, 1.165) is 5.56 Å². The standard InChI is InChI=1S/C15H11NO3S2/c17-14(18)12-8-9-7-10(4-5-11(9)19-12)15(20,21)13-3-1-2-6-16-13/h1-8,20-21H,(H,17,18). The zero-order valence-corrected chi connectivity index (χ0v) is 12.5. The third-order valence-electron chi connectivity index (χ3n) is 3.15. The molecule has 0 aliphatic heterocycles. The zero-order valence-electron chi connectivity index (χ0n) is 10.7. The summed E-state index contributed by atoms with van der Waals surface area (Å²) in [5, 5.41) is 9.65. The maximum absolute atomic E-state index is 10.9. The van der Waals surface area contributed by atoms with Crippen LogP contribution in [0.25, 0.3) is 11.0 Å². The highest BCUT2D eigenvalue weighted by Crippen LogP contribution is 2.40. The fourth-order valence-corrected chi connectivity index (χ4v) is 2.63. The molecule has 0 radical (unpaired) electrons. The van der Waals surface area contributed by atoms with E-state index >= 15 is 0 Å². The Balaban J connectivity index is 2.10. The third kappa shape index (κ3) is 2.52. The normalized spacial score (nSPS) is 11.7. The van der Waals surface area contributed by atoms with Crippen molar-refractivity contribution >= 4 is 42.2 Å². The lowest BCUT2D eigenvalue weighted by Crippen LogP contribution is -2.14. The van der Waals surface area contributed by atoms with Gasteiger partial charge in [0.2, 0.25) is 5.76 Å². The fraction of sp³-hybridized carbons (Fsp3) is 0.0667. The number of furan rings is 1. The smallest absolute Gasteiger partial charge is 0.371 e. The number of hydrogen-bond acceptors (Lipinski definition) is 5. The van der Waals surface area contributed by atoms with E-state index < -0.39 is 10.0 Å². The SMILES string of the molecule is O=C(O)c1cc2cc(C(S)(S)c3ccccn3)ccc2o1.